The molecule has 0 spiro atoms. The molecule has 3 aromatic rings. The standard InChI is InChI=1S/C18H16ClN3O3S2/c1-2-25-14-8-11(7-12(19)17(14)24)9-20-22-16(23)10-26-18-21-13-5-3-4-6-15(13)27-18/h3-9,24H,2,10H2,1H3,(H,22,23)/b20-9-. The molecule has 0 aliphatic carbocycles. The maximum atomic E-state index is 12.0. The SMILES string of the molecule is CCOc1cc(/C=N\NC(=O)CSc2nc3ccccc3s2)cc(Cl)c1O. The number of fused-ring (bicyclic) bond motifs is 1. The first-order chi connectivity index (χ1) is 13.1. The molecule has 0 aliphatic heterocycles. The maximum Gasteiger partial charge on any atom is 0.250 e. The monoisotopic (exact) mass is 421 g/mol. The molecule has 9 heteroatoms. The Balaban J connectivity index is 1.55. The van der Waals surface area contributed by atoms with Crippen LogP contribution in [0.15, 0.2) is 45.8 Å². The number of amides is 1. The molecule has 6 nitrogen and oxygen atoms in total. The van der Waals surface area contributed by atoms with Crippen molar-refractivity contribution in [3.63, 3.8) is 0 Å². The van der Waals surface area contributed by atoms with Crippen LogP contribution >= 0.6 is 34.7 Å². The van der Waals surface area contributed by atoms with Crippen LogP contribution in [0.1, 0.15) is 12.5 Å². The molecule has 27 heavy (non-hydrogen) atoms. The van der Waals surface area contributed by atoms with E-state index in [0.29, 0.717) is 12.2 Å². The van der Waals surface area contributed by atoms with Gasteiger partial charge in [0.15, 0.2) is 15.8 Å². The highest BCUT2D eigenvalue weighted by Gasteiger charge is 2.09. The Morgan fingerprint density at radius 2 is 2.26 bits per heavy atom. The quantitative estimate of drug-likeness (QED) is 0.337. The van der Waals surface area contributed by atoms with Gasteiger partial charge in [0.05, 0.1) is 33.8 Å². The van der Waals surface area contributed by atoms with Crippen LogP contribution in [0.25, 0.3) is 10.2 Å². The van der Waals surface area contributed by atoms with Crippen LogP contribution in [0, 0.1) is 0 Å². The Morgan fingerprint density at radius 3 is 3.04 bits per heavy atom. The first-order valence-corrected chi connectivity index (χ1v) is 10.2. The Hall–Kier alpha value is -2.29. The second-order valence-corrected chi connectivity index (χ2v) is 7.97. The van der Waals surface area contributed by atoms with Gasteiger partial charge in [-0.2, -0.15) is 5.10 Å². The minimum atomic E-state index is -0.245. The zero-order valence-electron chi connectivity index (χ0n) is 14.3. The number of carbonyl (C=O) groups excluding carboxylic acids is 1. The highest BCUT2D eigenvalue weighted by molar-refractivity contribution is 8.01. The fourth-order valence-electron chi connectivity index (χ4n) is 2.19. The van der Waals surface area contributed by atoms with Crippen LogP contribution in [-0.4, -0.2) is 34.6 Å². The molecular formula is C18H16ClN3O3S2. The lowest BCUT2D eigenvalue weighted by Gasteiger charge is -2.08. The number of hydrogen-bond acceptors (Lipinski definition) is 7. The Morgan fingerprint density at radius 1 is 1.44 bits per heavy atom. The molecule has 0 radical (unpaired) electrons. The fourth-order valence-corrected chi connectivity index (χ4v) is 4.26. The average Bonchev–Trinajstić information content (AvgIpc) is 3.07. The number of hydrogen-bond donors (Lipinski definition) is 2. The van der Waals surface area contributed by atoms with Crippen molar-refractivity contribution in [2.75, 3.05) is 12.4 Å². The number of aromatic nitrogens is 1. The molecule has 1 amide bonds. The summed E-state index contributed by atoms with van der Waals surface area (Å²) in [5.74, 6) is 0.110. The van der Waals surface area contributed by atoms with Crippen molar-refractivity contribution < 1.29 is 14.6 Å². The summed E-state index contributed by atoms with van der Waals surface area (Å²) in [6.07, 6.45) is 1.44. The first-order valence-electron chi connectivity index (χ1n) is 8.02. The summed E-state index contributed by atoms with van der Waals surface area (Å²) in [5.41, 5.74) is 3.99. The number of benzene rings is 2. The van der Waals surface area contributed by atoms with E-state index in [1.54, 1.807) is 24.3 Å². The van der Waals surface area contributed by atoms with E-state index in [9.17, 15) is 9.90 Å². The van der Waals surface area contributed by atoms with Gasteiger partial charge in [-0.3, -0.25) is 4.79 Å². The third-order valence-electron chi connectivity index (χ3n) is 3.35. The van der Waals surface area contributed by atoms with Gasteiger partial charge in [-0.25, -0.2) is 10.4 Å². The predicted molar refractivity (Wildman–Crippen MR) is 110 cm³/mol. The number of para-hydroxylation sites is 1. The largest absolute Gasteiger partial charge is 0.503 e. The summed E-state index contributed by atoms with van der Waals surface area (Å²) < 4.78 is 7.23. The van der Waals surface area contributed by atoms with Gasteiger partial charge in [0.25, 0.3) is 5.91 Å². The third kappa shape index (κ3) is 5.12. The highest BCUT2D eigenvalue weighted by atomic mass is 35.5. The fraction of sp³-hybridized carbons (Fsp3) is 0.167. The Bertz CT molecular complexity index is 958. The number of thioether (sulfide) groups is 1. The lowest BCUT2D eigenvalue weighted by atomic mass is 10.2. The number of ether oxygens (including phenoxy) is 1. The van der Waals surface area contributed by atoms with Crippen molar-refractivity contribution >= 4 is 57.0 Å². The summed E-state index contributed by atoms with van der Waals surface area (Å²) in [6, 6.07) is 11.0. The van der Waals surface area contributed by atoms with Crippen LogP contribution in [0.2, 0.25) is 5.02 Å². The van der Waals surface area contributed by atoms with E-state index < -0.39 is 0 Å². The molecule has 140 valence electrons. The molecule has 0 bridgehead atoms. The number of nitrogens with one attached hydrogen (secondary N) is 1. The predicted octanol–water partition coefficient (Wildman–Crippen LogP) is 4.30. The van der Waals surface area contributed by atoms with Crippen molar-refractivity contribution in [1.82, 2.24) is 10.4 Å². The molecule has 0 fully saturated rings. The number of nitrogens with zero attached hydrogens (tertiary/aromatic N) is 2. The lowest BCUT2D eigenvalue weighted by Crippen LogP contribution is -2.19. The minimum absolute atomic E-state index is 0.119. The van der Waals surface area contributed by atoms with Gasteiger partial charge in [-0.05, 0) is 36.8 Å². The van der Waals surface area contributed by atoms with E-state index in [-0.39, 0.29) is 28.2 Å². The van der Waals surface area contributed by atoms with E-state index >= 15 is 0 Å². The van der Waals surface area contributed by atoms with Crippen molar-refractivity contribution in [2.45, 2.75) is 11.3 Å². The molecule has 1 aromatic heterocycles. The number of thiazole rings is 1. The molecule has 2 N–H and O–H groups in total. The summed E-state index contributed by atoms with van der Waals surface area (Å²) in [4.78, 5) is 16.4. The number of aromatic hydroxyl groups is 1. The van der Waals surface area contributed by atoms with E-state index in [4.69, 9.17) is 16.3 Å². The molecule has 1 heterocycles. The van der Waals surface area contributed by atoms with E-state index in [2.05, 4.69) is 15.5 Å². The number of carbonyl (C=O) groups is 1. The summed E-state index contributed by atoms with van der Waals surface area (Å²) in [7, 11) is 0. The first kappa shape index (κ1) is 19.5. The Labute approximate surface area is 169 Å². The van der Waals surface area contributed by atoms with Crippen LogP contribution in [-0.2, 0) is 4.79 Å². The number of hydrazone groups is 1. The smallest absolute Gasteiger partial charge is 0.250 e. The van der Waals surface area contributed by atoms with Crippen molar-refractivity contribution in [1.29, 1.82) is 0 Å². The van der Waals surface area contributed by atoms with E-state index in [1.165, 1.54) is 24.0 Å². The van der Waals surface area contributed by atoms with Crippen LogP contribution < -0.4 is 10.2 Å². The average molecular weight is 422 g/mol. The van der Waals surface area contributed by atoms with E-state index in [1.807, 2.05) is 24.3 Å². The van der Waals surface area contributed by atoms with Crippen molar-refractivity contribution in [3.8, 4) is 11.5 Å². The van der Waals surface area contributed by atoms with Gasteiger partial charge in [0, 0.05) is 0 Å². The molecule has 3 rings (SSSR count). The number of phenolic OH excluding ortho intramolecular Hbond substituents is 1. The van der Waals surface area contributed by atoms with Gasteiger partial charge in [0.2, 0.25) is 0 Å². The van der Waals surface area contributed by atoms with Gasteiger partial charge in [-0.15, -0.1) is 11.3 Å². The third-order valence-corrected chi connectivity index (χ3v) is 5.82. The second kappa shape index (κ2) is 9.07. The molecule has 0 atom stereocenters. The highest BCUT2D eigenvalue weighted by Crippen LogP contribution is 2.34. The normalized spacial score (nSPS) is 11.2. The Kier molecular flexibility index (Phi) is 6.54. The lowest BCUT2D eigenvalue weighted by molar-refractivity contribution is -0.118. The van der Waals surface area contributed by atoms with Crippen LogP contribution in [0.5, 0.6) is 11.5 Å². The van der Waals surface area contributed by atoms with Crippen LogP contribution in [0.3, 0.4) is 0 Å². The summed E-state index contributed by atoms with van der Waals surface area (Å²) in [5, 5.41) is 13.9. The molecular weight excluding hydrogens is 406 g/mol. The molecule has 0 saturated carbocycles. The number of rotatable bonds is 7. The summed E-state index contributed by atoms with van der Waals surface area (Å²) in [6.45, 7) is 2.20. The maximum absolute atomic E-state index is 12.0. The van der Waals surface area contributed by atoms with E-state index in [0.717, 1.165) is 14.6 Å². The second-order valence-electron chi connectivity index (χ2n) is 5.31. The number of halogens is 1. The zero-order valence-corrected chi connectivity index (χ0v) is 16.7. The van der Waals surface area contributed by atoms with Gasteiger partial charge in [0.1, 0.15) is 0 Å². The van der Waals surface area contributed by atoms with Gasteiger partial charge in [-0.1, -0.05) is 35.5 Å². The molecule has 0 aliphatic rings. The van der Waals surface area contributed by atoms with Gasteiger partial charge >= 0.3 is 0 Å². The zero-order chi connectivity index (χ0) is 19.2. The topological polar surface area (TPSA) is 83.8 Å². The molecule has 2 aromatic carbocycles. The van der Waals surface area contributed by atoms with Crippen molar-refractivity contribution in [2.24, 2.45) is 5.10 Å². The molecule has 0 unspecified atom stereocenters. The minimum Gasteiger partial charge on any atom is -0.503 e. The van der Waals surface area contributed by atoms with Crippen molar-refractivity contribution in [3.05, 3.63) is 47.0 Å². The number of phenols is 1. The molecule has 0 saturated heterocycles. The summed E-state index contributed by atoms with van der Waals surface area (Å²) >= 11 is 8.87. The van der Waals surface area contributed by atoms with Crippen LogP contribution in [0.4, 0.5) is 0 Å². The van der Waals surface area contributed by atoms with Gasteiger partial charge < -0.3 is 9.84 Å².